The second-order valence-corrected chi connectivity index (χ2v) is 7.21. The monoisotopic (exact) mass is 318 g/mol. The molecule has 22 heavy (non-hydrogen) atoms. The van der Waals surface area contributed by atoms with Crippen LogP contribution in [0.3, 0.4) is 0 Å². The topological polar surface area (TPSA) is 49.4 Å². The van der Waals surface area contributed by atoms with Crippen molar-refractivity contribution >= 4 is 22.9 Å². The van der Waals surface area contributed by atoms with E-state index in [0.29, 0.717) is 13.1 Å². The average molecular weight is 318 g/mol. The second kappa shape index (κ2) is 6.73. The van der Waals surface area contributed by atoms with Gasteiger partial charge in [-0.3, -0.25) is 9.59 Å². The van der Waals surface area contributed by atoms with Crippen LogP contribution in [0.25, 0.3) is 0 Å². The van der Waals surface area contributed by atoms with Crippen molar-refractivity contribution in [3.63, 3.8) is 0 Å². The molecule has 0 bridgehead atoms. The lowest BCUT2D eigenvalue weighted by atomic mass is 9.79. The Morgan fingerprint density at radius 3 is 2.59 bits per heavy atom. The number of nitrogens with zero attached hydrogens (tertiary/aromatic N) is 1. The van der Waals surface area contributed by atoms with E-state index in [9.17, 15) is 9.59 Å². The van der Waals surface area contributed by atoms with Crippen molar-refractivity contribution in [1.82, 2.24) is 10.2 Å². The maximum Gasteiger partial charge on any atom is 0.282 e. The van der Waals surface area contributed by atoms with E-state index in [0.717, 1.165) is 18.6 Å². The molecular formula is C17H22N2O2S. The zero-order valence-corrected chi connectivity index (χ0v) is 13.5. The largest absolute Gasteiger partial charge is 0.354 e. The summed E-state index contributed by atoms with van der Waals surface area (Å²) < 4.78 is 0. The van der Waals surface area contributed by atoms with Crippen LogP contribution in [0.5, 0.6) is 0 Å². The van der Waals surface area contributed by atoms with Crippen molar-refractivity contribution in [2.45, 2.75) is 31.1 Å². The summed E-state index contributed by atoms with van der Waals surface area (Å²) in [7, 11) is 0. The average Bonchev–Trinajstić information content (AvgIpc) is 3.17. The Hall–Kier alpha value is -1.49. The van der Waals surface area contributed by atoms with Crippen molar-refractivity contribution in [1.29, 1.82) is 0 Å². The molecule has 0 aromatic heterocycles. The Kier molecular flexibility index (Phi) is 4.71. The molecule has 0 atom stereocenters. The van der Waals surface area contributed by atoms with E-state index in [-0.39, 0.29) is 23.1 Å². The van der Waals surface area contributed by atoms with E-state index in [2.05, 4.69) is 29.6 Å². The minimum absolute atomic E-state index is 0.0220. The SMILES string of the molecule is O=C(CN1CCSC1=O)NCC1(c2ccccc2)CCCC1. The lowest BCUT2D eigenvalue weighted by Crippen LogP contribution is -2.43. The highest BCUT2D eigenvalue weighted by Gasteiger charge is 2.36. The Labute approximate surface area is 135 Å². The number of benzene rings is 1. The summed E-state index contributed by atoms with van der Waals surface area (Å²) in [6.07, 6.45) is 4.67. The predicted octanol–water partition coefficient (Wildman–Crippen LogP) is 2.78. The molecule has 0 radical (unpaired) electrons. The summed E-state index contributed by atoms with van der Waals surface area (Å²) in [6.45, 7) is 1.54. The molecule has 3 rings (SSSR count). The first-order valence-corrected chi connectivity index (χ1v) is 8.92. The fraction of sp³-hybridized carbons (Fsp3) is 0.529. The van der Waals surface area contributed by atoms with Gasteiger partial charge < -0.3 is 10.2 Å². The zero-order valence-electron chi connectivity index (χ0n) is 12.7. The molecule has 1 aliphatic heterocycles. The van der Waals surface area contributed by atoms with Gasteiger partial charge in [0.05, 0.1) is 0 Å². The molecular weight excluding hydrogens is 296 g/mol. The van der Waals surface area contributed by atoms with Gasteiger partial charge >= 0.3 is 0 Å². The van der Waals surface area contributed by atoms with Crippen molar-refractivity contribution < 1.29 is 9.59 Å². The molecule has 0 unspecified atom stereocenters. The molecule has 4 nitrogen and oxygen atoms in total. The zero-order chi connectivity index (χ0) is 15.4. The minimum Gasteiger partial charge on any atom is -0.354 e. The van der Waals surface area contributed by atoms with Gasteiger partial charge in [-0.15, -0.1) is 0 Å². The van der Waals surface area contributed by atoms with Crippen LogP contribution in [0.1, 0.15) is 31.2 Å². The molecule has 1 N–H and O–H groups in total. The van der Waals surface area contributed by atoms with Crippen LogP contribution in [-0.2, 0) is 10.2 Å². The van der Waals surface area contributed by atoms with Crippen LogP contribution in [0.4, 0.5) is 4.79 Å². The van der Waals surface area contributed by atoms with Crippen LogP contribution in [0.2, 0.25) is 0 Å². The van der Waals surface area contributed by atoms with Crippen molar-refractivity contribution in [3.05, 3.63) is 35.9 Å². The van der Waals surface area contributed by atoms with E-state index in [1.54, 1.807) is 4.90 Å². The number of carbonyl (C=O) groups excluding carboxylic acids is 2. The summed E-state index contributed by atoms with van der Waals surface area (Å²) >= 11 is 1.29. The Morgan fingerprint density at radius 2 is 1.95 bits per heavy atom. The first kappa shape index (κ1) is 15.4. The lowest BCUT2D eigenvalue weighted by Gasteiger charge is -2.30. The van der Waals surface area contributed by atoms with E-state index in [4.69, 9.17) is 0 Å². The summed E-state index contributed by atoms with van der Waals surface area (Å²) in [6, 6.07) is 10.5. The van der Waals surface area contributed by atoms with Gasteiger partial charge in [0, 0.05) is 24.3 Å². The number of carbonyl (C=O) groups is 2. The summed E-state index contributed by atoms with van der Waals surface area (Å²) in [5.74, 6) is 0.748. The number of nitrogens with one attached hydrogen (secondary N) is 1. The van der Waals surface area contributed by atoms with Crippen molar-refractivity contribution in [2.24, 2.45) is 0 Å². The standard InChI is InChI=1S/C17H22N2O2S/c20-15(12-19-10-11-22-16(19)21)18-13-17(8-4-5-9-17)14-6-2-1-3-7-14/h1-3,6-7H,4-5,8-13H2,(H,18,20). The van der Waals surface area contributed by atoms with Gasteiger partial charge in [-0.05, 0) is 18.4 Å². The van der Waals surface area contributed by atoms with Gasteiger partial charge in [-0.25, -0.2) is 0 Å². The molecule has 1 aliphatic carbocycles. The van der Waals surface area contributed by atoms with Crippen LogP contribution in [0.15, 0.2) is 30.3 Å². The van der Waals surface area contributed by atoms with Crippen LogP contribution in [-0.4, -0.2) is 41.4 Å². The third-order valence-electron chi connectivity index (χ3n) is 4.75. The normalized spacial score (nSPS) is 20.4. The Morgan fingerprint density at radius 1 is 1.23 bits per heavy atom. The summed E-state index contributed by atoms with van der Waals surface area (Å²) in [5.41, 5.74) is 1.39. The summed E-state index contributed by atoms with van der Waals surface area (Å²) in [5, 5.41) is 3.09. The maximum absolute atomic E-state index is 12.2. The number of hydrogen-bond donors (Lipinski definition) is 1. The van der Waals surface area contributed by atoms with Gasteiger partial charge in [0.15, 0.2) is 0 Å². The minimum atomic E-state index is -0.0435. The predicted molar refractivity (Wildman–Crippen MR) is 89.0 cm³/mol. The van der Waals surface area contributed by atoms with Gasteiger partial charge in [0.2, 0.25) is 5.91 Å². The van der Waals surface area contributed by atoms with E-state index < -0.39 is 0 Å². The smallest absolute Gasteiger partial charge is 0.282 e. The quantitative estimate of drug-likeness (QED) is 0.908. The molecule has 118 valence electrons. The Balaban J connectivity index is 1.60. The van der Waals surface area contributed by atoms with Gasteiger partial charge in [-0.1, -0.05) is 54.9 Å². The van der Waals surface area contributed by atoms with Gasteiger partial charge in [0.25, 0.3) is 5.24 Å². The highest BCUT2D eigenvalue weighted by molar-refractivity contribution is 8.13. The van der Waals surface area contributed by atoms with Crippen molar-refractivity contribution in [2.75, 3.05) is 25.4 Å². The molecule has 2 fully saturated rings. The van der Waals surface area contributed by atoms with Crippen LogP contribution >= 0.6 is 11.8 Å². The number of thioether (sulfide) groups is 1. The molecule has 2 amide bonds. The molecule has 5 heteroatoms. The molecule has 1 saturated carbocycles. The number of rotatable bonds is 5. The third kappa shape index (κ3) is 3.29. The highest BCUT2D eigenvalue weighted by Crippen LogP contribution is 2.40. The number of amides is 2. The summed E-state index contributed by atoms with van der Waals surface area (Å²) in [4.78, 5) is 25.4. The molecule has 1 aromatic carbocycles. The van der Waals surface area contributed by atoms with Gasteiger partial charge in [-0.2, -0.15) is 0 Å². The first-order chi connectivity index (χ1) is 10.7. The third-order valence-corrected chi connectivity index (χ3v) is 5.64. The molecule has 1 saturated heterocycles. The first-order valence-electron chi connectivity index (χ1n) is 7.94. The van der Waals surface area contributed by atoms with Crippen LogP contribution < -0.4 is 5.32 Å². The van der Waals surface area contributed by atoms with Crippen molar-refractivity contribution in [3.8, 4) is 0 Å². The fourth-order valence-corrected chi connectivity index (χ4v) is 4.30. The molecule has 0 spiro atoms. The Bertz CT molecular complexity index is 541. The van der Waals surface area contributed by atoms with E-state index >= 15 is 0 Å². The highest BCUT2D eigenvalue weighted by atomic mass is 32.2. The lowest BCUT2D eigenvalue weighted by molar-refractivity contribution is -0.121. The molecule has 1 aromatic rings. The molecule has 2 aliphatic rings. The fourth-order valence-electron chi connectivity index (χ4n) is 3.48. The number of hydrogen-bond acceptors (Lipinski definition) is 3. The van der Waals surface area contributed by atoms with E-state index in [1.165, 1.54) is 30.2 Å². The van der Waals surface area contributed by atoms with Crippen LogP contribution in [0, 0.1) is 0 Å². The maximum atomic E-state index is 12.2. The van der Waals surface area contributed by atoms with Gasteiger partial charge in [0.1, 0.15) is 6.54 Å². The molecule has 1 heterocycles. The second-order valence-electron chi connectivity index (χ2n) is 6.17. The van der Waals surface area contributed by atoms with E-state index in [1.807, 2.05) is 6.07 Å².